The third-order valence-corrected chi connectivity index (χ3v) is 14.7. The van der Waals surface area contributed by atoms with E-state index in [9.17, 15) is 37.1 Å². The lowest BCUT2D eigenvalue weighted by Gasteiger charge is -2.35. The van der Waals surface area contributed by atoms with E-state index < -0.39 is 41.5 Å². The summed E-state index contributed by atoms with van der Waals surface area (Å²) in [6, 6.07) is 11.5. The van der Waals surface area contributed by atoms with Crippen LogP contribution in [0.4, 0.5) is 18.9 Å². The zero-order chi connectivity index (χ0) is 53.3. The van der Waals surface area contributed by atoms with Crippen LogP contribution in [0.15, 0.2) is 59.0 Å². The minimum absolute atomic E-state index is 0.0383. The molecule has 23 heteroatoms. The van der Waals surface area contributed by atoms with E-state index >= 15 is 0 Å². The Hall–Kier alpha value is -6.40. The number of aromatic nitrogens is 4. The maximum absolute atomic E-state index is 13.9. The summed E-state index contributed by atoms with van der Waals surface area (Å²) in [6.07, 6.45) is -3.95. The number of aliphatic imine (C=N–C) groups is 1. The van der Waals surface area contributed by atoms with Gasteiger partial charge in [0, 0.05) is 41.3 Å². The maximum Gasteiger partial charge on any atom is 0.471 e. The van der Waals surface area contributed by atoms with Crippen molar-refractivity contribution in [2.45, 2.75) is 98.6 Å². The second kappa shape index (κ2) is 24.3. The van der Waals surface area contributed by atoms with Crippen LogP contribution in [0.1, 0.15) is 90.5 Å². The van der Waals surface area contributed by atoms with E-state index in [1.54, 1.807) is 35.3 Å². The second-order valence-corrected chi connectivity index (χ2v) is 21.1. The average molecular weight is 1060 g/mol. The number of alkyl halides is 3. The number of nitrogens with zero attached hydrogens (tertiary/aromatic N) is 6. The maximum atomic E-state index is 13.9. The normalized spacial score (nSPS) is 15.9. The minimum Gasteiger partial charge on any atom is -0.377 e. The molecule has 3 atom stereocenters. The molecule has 0 radical (unpaired) electrons. The lowest BCUT2D eigenvalue weighted by Crippen LogP contribution is -2.58. The van der Waals surface area contributed by atoms with Gasteiger partial charge >= 0.3 is 12.1 Å². The monoisotopic (exact) mass is 1060 g/mol. The number of ether oxygens (including phenoxy) is 3. The van der Waals surface area contributed by atoms with Gasteiger partial charge in [-0.3, -0.25) is 33.5 Å². The smallest absolute Gasteiger partial charge is 0.377 e. The van der Waals surface area contributed by atoms with Gasteiger partial charge < -0.3 is 40.4 Å². The van der Waals surface area contributed by atoms with Gasteiger partial charge in [-0.2, -0.15) is 13.2 Å². The van der Waals surface area contributed by atoms with E-state index in [0.717, 1.165) is 42.7 Å². The van der Waals surface area contributed by atoms with Crippen LogP contribution >= 0.6 is 22.7 Å². The molecule has 0 saturated carbocycles. The molecule has 396 valence electrons. The molecule has 2 aromatic carbocycles. The number of fused-ring (bicyclic) bond motifs is 3. The number of hydrogen-bond acceptors (Lipinski definition) is 14. The Morgan fingerprint density at radius 1 is 0.838 bits per heavy atom. The number of halogens is 3. The van der Waals surface area contributed by atoms with Crippen molar-refractivity contribution in [2.24, 2.45) is 10.4 Å². The summed E-state index contributed by atoms with van der Waals surface area (Å²) in [6.45, 7) is 14.8. The van der Waals surface area contributed by atoms with Crippen molar-refractivity contribution in [3.63, 3.8) is 0 Å². The number of rotatable bonds is 21. The SMILES string of the molecule is Cc1ncsc1-c1ccc(CNC(=O)[C@@H]2CCCN2C(=O)[C@@H](NC(=O)COCCOCCOCCNC(=O)C[C@@H]2N=C(c3ccc(NC(=O)C(F)(F)F)cc3)c3c(sc(C)c3C)-n3c(C)nnc32)C(C)(C)C)cc1. The first-order valence-corrected chi connectivity index (χ1v) is 25.9. The van der Waals surface area contributed by atoms with Gasteiger partial charge in [-0.05, 0) is 74.8 Å². The third kappa shape index (κ3) is 13.7. The van der Waals surface area contributed by atoms with Gasteiger partial charge in [-0.25, -0.2) is 4.98 Å². The van der Waals surface area contributed by atoms with Crippen LogP contribution in [0.2, 0.25) is 0 Å². The summed E-state index contributed by atoms with van der Waals surface area (Å²) in [5, 5.41) is 20.0. The number of anilines is 1. The van der Waals surface area contributed by atoms with Crippen LogP contribution in [0.3, 0.4) is 0 Å². The predicted molar refractivity (Wildman–Crippen MR) is 273 cm³/mol. The van der Waals surface area contributed by atoms with E-state index in [4.69, 9.17) is 19.2 Å². The van der Waals surface area contributed by atoms with Crippen molar-refractivity contribution < 1.29 is 51.4 Å². The molecule has 1 fully saturated rings. The van der Waals surface area contributed by atoms with Crippen molar-refractivity contribution in [2.75, 3.05) is 58.0 Å². The van der Waals surface area contributed by atoms with E-state index in [0.29, 0.717) is 48.9 Å². The van der Waals surface area contributed by atoms with Crippen molar-refractivity contribution in [3.05, 3.63) is 98.5 Å². The zero-order valence-corrected chi connectivity index (χ0v) is 43.9. The molecule has 7 rings (SSSR count). The fraction of sp³-hybridized carbons (Fsp3) is 0.471. The van der Waals surface area contributed by atoms with Gasteiger partial charge in [0.05, 0.1) is 61.2 Å². The number of thiazole rings is 1. The van der Waals surface area contributed by atoms with Crippen LogP contribution < -0.4 is 21.3 Å². The first-order valence-electron chi connectivity index (χ1n) is 24.2. The highest BCUT2D eigenvalue weighted by atomic mass is 32.1. The summed E-state index contributed by atoms with van der Waals surface area (Å²) < 4.78 is 57.4. The number of thiophene rings is 1. The zero-order valence-electron chi connectivity index (χ0n) is 42.3. The average Bonchev–Trinajstić information content (AvgIpc) is 4.15. The molecule has 5 heterocycles. The van der Waals surface area contributed by atoms with Gasteiger partial charge in [-0.1, -0.05) is 57.2 Å². The van der Waals surface area contributed by atoms with Crippen LogP contribution in [-0.4, -0.2) is 131 Å². The molecule has 0 unspecified atom stereocenters. The fourth-order valence-corrected chi connectivity index (χ4v) is 10.6. The highest BCUT2D eigenvalue weighted by Crippen LogP contribution is 2.40. The highest BCUT2D eigenvalue weighted by Gasteiger charge is 2.42. The lowest BCUT2D eigenvalue weighted by molar-refractivity contribution is -0.167. The summed E-state index contributed by atoms with van der Waals surface area (Å²) in [7, 11) is 0. The molecule has 5 aromatic rings. The first kappa shape index (κ1) is 55.4. The van der Waals surface area contributed by atoms with Gasteiger partial charge in [0.2, 0.25) is 23.6 Å². The minimum atomic E-state index is -5.04. The lowest BCUT2D eigenvalue weighted by atomic mass is 9.85. The van der Waals surface area contributed by atoms with Crippen molar-refractivity contribution >= 4 is 63.6 Å². The fourth-order valence-electron chi connectivity index (χ4n) is 8.53. The number of hydrogen-bond donors (Lipinski definition) is 4. The molecular formula is C51H61F3N10O8S2. The van der Waals surface area contributed by atoms with Crippen LogP contribution in [0.5, 0.6) is 0 Å². The van der Waals surface area contributed by atoms with Gasteiger partial charge in [0.25, 0.3) is 0 Å². The molecule has 5 amide bonds. The highest BCUT2D eigenvalue weighted by molar-refractivity contribution is 7.15. The summed E-state index contributed by atoms with van der Waals surface area (Å²) in [5.74, 6) is -2.40. The second-order valence-electron chi connectivity index (χ2n) is 19.0. The van der Waals surface area contributed by atoms with Crippen LogP contribution in [0, 0.1) is 33.1 Å². The molecule has 2 aliphatic heterocycles. The number of aryl methyl sites for hydroxylation is 3. The number of nitrogens with one attached hydrogen (secondary N) is 4. The largest absolute Gasteiger partial charge is 0.471 e. The summed E-state index contributed by atoms with van der Waals surface area (Å²) >= 11 is 3.09. The molecular weight excluding hydrogens is 1000 g/mol. The standard InChI is InChI=1S/C51H61F3N10O8S2/c1-29-31(3)74-48-41(29)42(34-14-16-36(17-15-34)58-49(69)51(52,53)54)59-37(45-62-61-32(4)64(45)48)25-39(65)55-18-20-70-21-22-71-23-24-72-27-40(66)60-44(50(5,6)7)47(68)63-19-8-9-38(63)46(67)56-26-33-10-12-35(13-11-33)43-30(2)57-28-73-43/h10-17,28,37-38,44H,8-9,18-27H2,1-7H3,(H,55,65)(H,56,67)(H,58,69)(H,60,66)/t37-,38-,44+/m0/s1. The molecule has 2 aliphatic rings. The molecule has 4 N–H and O–H groups in total. The molecule has 74 heavy (non-hydrogen) atoms. The van der Waals surface area contributed by atoms with Gasteiger partial charge in [0.15, 0.2) is 5.82 Å². The Labute approximate surface area is 434 Å². The first-order chi connectivity index (χ1) is 35.2. The quantitative estimate of drug-likeness (QED) is 0.0584. The molecule has 1 saturated heterocycles. The number of carbonyl (C=O) groups excluding carboxylic acids is 5. The molecule has 3 aromatic heterocycles. The number of carbonyl (C=O) groups is 5. The van der Waals surface area contributed by atoms with E-state index in [-0.39, 0.29) is 76.0 Å². The van der Waals surface area contributed by atoms with Crippen LogP contribution in [-0.2, 0) is 44.7 Å². The number of amides is 5. The van der Waals surface area contributed by atoms with Crippen molar-refractivity contribution in [1.29, 1.82) is 0 Å². The molecule has 0 spiro atoms. The Morgan fingerprint density at radius 2 is 1.51 bits per heavy atom. The van der Waals surface area contributed by atoms with Gasteiger partial charge in [0.1, 0.15) is 35.6 Å². The number of likely N-dealkylation sites (tertiary alicyclic amines) is 1. The topological polar surface area (TPSA) is 220 Å². The molecule has 0 aliphatic carbocycles. The Morgan fingerprint density at radius 3 is 2.18 bits per heavy atom. The van der Waals surface area contributed by atoms with Crippen LogP contribution in [0.25, 0.3) is 15.4 Å². The van der Waals surface area contributed by atoms with Gasteiger partial charge in [-0.15, -0.1) is 32.9 Å². The van der Waals surface area contributed by atoms with E-state index in [1.165, 1.54) is 23.5 Å². The summed E-state index contributed by atoms with van der Waals surface area (Å²) in [5.41, 5.74) is 6.89. The summed E-state index contributed by atoms with van der Waals surface area (Å²) in [4.78, 5) is 78.3. The van der Waals surface area contributed by atoms with E-state index in [1.807, 2.05) is 81.2 Å². The molecule has 0 bridgehead atoms. The number of benzene rings is 2. The Bertz CT molecular complexity index is 2840. The predicted octanol–water partition coefficient (Wildman–Crippen LogP) is 6.47. The van der Waals surface area contributed by atoms with Crippen molar-refractivity contribution in [1.82, 2.24) is 40.6 Å². The third-order valence-electron chi connectivity index (χ3n) is 12.5. The van der Waals surface area contributed by atoms with E-state index in [2.05, 4.69) is 31.1 Å². The molecule has 18 nitrogen and oxygen atoms in total. The Balaban J connectivity index is 0.808. The van der Waals surface area contributed by atoms with Crippen molar-refractivity contribution in [3.8, 4) is 15.4 Å². The Kier molecular flexibility index (Phi) is 18.2.